The normalized spacial score (nSPS) is 22.7. The van der Waals surface area contributed by atoms with Gasteiger partial charge in [0.25, 0.3) is 0 Å². The number of ether oxygens (including phenoxy) is 1. The van der Waals surface area contributed by atoms with Gasteiger partial charge in [-0.25, -0.2) is 0 Å². The monoisotopic (exact) mass is 185 g/mol. The summed E-state index contributed by atoms with van der Waals surface area (Å²) in [6.07, 6.45) is 2.39. The van der Waals surface area contributed by atoms with E-state index in [1.807, 2.05) is 6.92 Å². The zero-order chi connectivity index (χ0) is 9.84. The lowest BCUT2D eigenvalue weighted by Crippen LogP contribution is -2.44. The molecule has 0 radical (unpaired) electrons. The maximum Gasteiger partial charge on any atom is 0.322 e. The van der Waals surface area contributed by atoms with Gasteiger partial charge < -0.3 is 4.74 Å². The van der Waals surface area contributed by atoms with E-state index in [9.17, 15) is 4.79 Å². The molecule has 1 unspecified atom stereocenters. The molecule has 0 bridgehead atoms. The van der Waals surface area contributed by atoms with E-state index in [1.165, 1.54) is 20.0 Å². The highest BCUT2D eigenvalue weighted by Crippen LogP contribution is 2.18. The number of piperidine rings is 1. The zero-order valence-electron chi connectivity index (χ0n) is 8.75. The Morgan fingerprint density at radius 1 is 1.46 bits per heavy atom. The molecule has 0 aromatic heterocycles. The predicted molar refractivity (Wildman–Crippen MR) is 51.4 cm³/mol. The minimum atomic E-state index is -0.116. The van der Waals surface area contributed by atoms with Gasteiger partial charge >= 0.3 is 5.97 Å². The van der Waals surface area contributed by atoms with E-state index in [2.05, 4.69) is 11.8 Å². The molecule has 0 spiro atoms. The first kappa shape index (κ1) is 10.5. The van der Waals surface area contributed by atoms with Gasteiger partial charge in [0.15, 0.2) is 0 Å². The number of likely N-dealkylation sites (tertiary alicyclic amines) is 1. The Labute approximate surface area is 80.1 Å². The maximum atomic E-state index is 11.2. The van der Waals surface area contributed by atoms with Crippen molar-refractivity contribution >= 4 is 5.97 Å². The third kappa shape index (κ3) is 2.69. The first-order valence-electron chi connectivity index (χ1n) is 4.97. The van der Waals surface area contributed by atoms with Crippen LogP contribution in [0.1, 0.15) is 26.7 Å². The number of carbonyl (C=O) groups excluding carboxylic acids is 1. The molecule has 3 nitrogen and oxygen atoms in total. The van der Waals surface area contributed by atoms with Crippen LogP contribution in [0, 0.1) is 5.92 Å². The van der Waals surface area contributed by atoms with Gasteiger partial charge in [-0.15, -0.1) is 0 Å². The van der Waals surface area contributed by atoms with Gasteiger partial charge in [-0.05, 0) is 38.8 Å². The molecule has 3 heteroatoms. The van der Waals surface area contributed by atoms with Crippen molar-refractivity contribution in [2.45, 2.75) is 32.7 Å². The van der Waals surface area contributed by atoms with Crippen molar-refractivity contribution in [3.05, 3.63) is 0 Å². The summed E-state index contributed by atoms with van der Waals surface area (Å²) in [5, 5.41) is 0. The van der Waals surface area contributed by atoms with Crippen molar-refractivity contribution in [3.63, 3.8) is 0 Å². The molecule has 0 saturated carbocycles. The molecule has 0 aromatic carbocycles. The SMILES string of the molecule is COC(=O)C(C)N1CCC(C)CC1. The van der Waals surface area contributed by atoms with E-state index in [1.54, 1.807) is 0 Å². The number of nitrogens with zero attached hydrogens (tertiary/aromatic N) is 1. The topological polar surface area (TPSA) is 29.5 Å². The van der Waals surface area contributed by atoms with Crippen molar-refractivity contribution in [1.82, 2.24) is 4.90 Å². The Balaban J connectivity index is 2.39. The molecule has 1 fully saturated rings. The fourth-order valence-corrected chi connectivity index (χ4v) is 1.74. The van der Waals surface area contributed by atoms with Gasteiger partial charge in [0.05, 0.1) is 7.11 Å². The molecule has 76 valence electrons. The van der Waals surface area contributed by atoms with Gasteiger partial charge in [0, 0.05) is 0 Å². The Hall–Kier alpha value is -0.570. The average Bonchev–Trinajstić information content (AvgIpc) is 2.17. The van der Waals surface area contributed by atoms with Crippen LogP contribution in [0.25, 0.3) is 0 Å². The fourth-order valence-electron chi connectivity index (χ4n) is 1.74. The minimum Gasteiger partial charge on any atom is -0.468 e. The van der Waals surface area contributed by atoms with Gasteiger partial charge in [-0.1, -0.05) is 6.92 Å². The summed E-state index contributed by atoms with van der Waals surface area (Å²) in [7, 11) is 1.45. The summed E-state index contributed by atoms with van der Waals surface area (Å²) >= 11 is 0. The van der Waals surface area contributed by atoms with Crippen LogP contribution >= 0.6 is 0 Å². The van der Waals surface area contributed by atoms with Crippen molar-refractivity contribution in [1.29, 1.82) is 0 Å². The van der Waals surface area contributed by atoms with Gasteiger partial charge in [-0.2, -0.15) is 0 Å². The van der Waals surface area contributed by atoms with Crippen LogP contribution in [-0.4, -0.2) is 37.1 Å². The summed E-state index contributed by atoms with van der Waals surface area (Å²) in [5.74, 6) is 0.690. The second-order valence-electron chi connectivity index (χ2n) is 3.92. The van der Waals surface area contributed by atoms with E-state index in [-0.39, 0.29) is 12.0 Å². The van der Waals surface area contributed by atoms with E-state index in [0.717, 1.165) is 19.0 Å². The molecule has 1 aliphatic rings. The Bertz CT molecular complexity index is 174. The number of carbonyl (C=O) groups is 1. The second kappa shape index (κ2) is 4.61. The first-order valence-corrected chi connectivity index (χ1v) is 4.97. The summed E-state index contributed by atoms with van der Waals surface area (Å²) in [4.78, 5) is 13.4. The van der Waals surface area contributed by atoms with Crippen LogP contribution in [0.15, 0.2) is 0 Å². The maximum absolute atomic E-state index is 11.2. The number of methoxy groups -OCH3 is 1. The molecule has 1 aliphatic heterocycles. The highest BCUT2D eigenvalue weighted by molar-refractivity contribution is 5.75. The van der Waals surface area contributed by atoms with E-state index in [4.69, 9.17) is 4.74 Å². The van der Waals surface area contributed by atoms with Crippen LogP contribution < -0.4 is 0 Å². The molecule has 0 aromatic rings. The lowest BCUT2D eigenvalue weighted by molar-refractivity contribution is -0.146. The van der Waals surface area contributed by atoms with Crippen LogP contribution in [-0.2, 0) is 9.53 Å². The molecule has 0 amide bonds. The predicted octanol–water partition coefficient (Wildman–Crippen LogP) is 1.28. The average molecular weight is 185 g/mol. The summed E-state index contributed by atoms with van der Waals surface area (Å²) in [6.45, 7) is 6.23. The van der Waals surface area contributed by atoms with Crippen LogP contribution in [0.4, 0.5) is 0 Å². The van der Waals surface area contributed by atoms with Crippen molar-refractivity contribution in [3.8, 4) is 0 Å². The van der Waals surface area contributed by atoms with Gasteiger partial charge in [-0.3, -0.25) is 9.69 Å². The molecule has 0 aliphatic carbocycles. The van der Waals surface area contributed by atoms with Crippen LogP contribution in [0.2, 0.25) is 0 Å². The molecular weight excluding hydrogens is 166 g/mol. The third-order valence-corrected chi connectivity index (χ3v) is 2.91. The Morgan fingerprint density at radius 3 is 2.46 bits per heavy atom. The van der Waals surface area contributed by atoms with Crippen molar-refractivity contribution < 1.29 is 9.53 Å². The summed E-state index contributed by atoms with van der Waals surface area (Å²) < 4.78 is 4.71. The second-order valence-corrected chi connectivity index (χ2v) is 3.92. The lowest BCUT2D eigenvalue weighted by Gasteiger charge is -2.33. The van der Waals surface area contributed by atoms with E-state index >= 15 is 0 Å². The van der Waals surface area contributed by atoms with Crippen LogP contribution in [0.3, 0.4) is 0 Å². The lowest BCUT2D eigenvalue weighted by atomic mass is 9.98. The molecular formula is C10H19NO2. The zero-order valence-corrected chi connectivity index (χ0v) is 8.75. The number of hydrogen-bond acceptors (Lipinski definition) is 3. The van der Waals surface area contributed by atoms with Gasteiger partial charge in [0.2, 0.25) is 0 Å². The molecule has 1 saturated heterocycles. The Kier molecular flexibility index (Phi) is 3.72. The fraction of sp³-hybridized carbons (Fsp3) is 0.900. The quantitative estimate of drug-likeness (QED) is 0.607. The molecule has 13 heavy (non-hydrogen) atoms. The summed E-state index contributed by atoms with van der Waals surface area (Å²) in [6, 6.07) is -0.0718. The standard InChI is InChI=1S/C10H19NO2/c1-8-4-6-11(7-5-8)9(2)10(12)13-3/h8-9H,4-7H2,1-3H3. The highest BCUT2D eigenvalue weighted by atomic mass is 16.5. The minimum absolute atomic E-state index is 0.0718. The number of rotatable bonds is 2. The Morgan fingerprint density at radius 2 is 2.00 bits per heavy atom. The molecule has 0 N–H and O–H groups in total. The first-order chi connectivity index (χ1) is 6.15. The molecule has 1 atom stereocenters. The highest BCUT2D eigenvalue weighted by Gasteiger charge is 2.25. The third-order valence-electron chi connectivity index (χ3n) is 2.91. The smallest absolute Gasteiger partial charge is 0.322 e. The van der Waals surface area contributed by atoms with E-state index in [0.29, 0.717) is 0 Å². The van der Waals surface area contributed by atoms with E-state index < -0.39 is 0 Å². The molecule has 1 rings (SSSR count). The van der Waals surface area contributed by atoms with Crippen molar-refractivity contribution in [2.75, 3.05) is 20.2 Å². The number of hydrogen-bond donors (Lipinski definition) is 0. The van der Waals surface area contributed by atoms with Crippen LogP contribution in [0.5, 0.6) is 0 Å². The summed E-state index contributed by atoms with van der Waals surface area (Å²) in [5.41, 5.74) is 0. The number of esters is 1. The largest absolute Gasteiger partial charge is 0.468 e. The van der Waals surface area contributed by atoms with Crippen molar-refractivity contribution in [2.24, 2.45) is 5.92 Å². The molecule has 1 heterocycles. The van der Waals surface area contributed by atoms with Gasteiger partial charge in [0.1, 0.15) is 6.04 Å².